The van der Waals surface area contributed by atoms with E-state index in [4.69, 9.17) is 21.1 Å². The second-order valence-corrected chi connectivity index (χ2v) is 5.71. The molecule has 0 N–H and O–H groups in total. The third-order valence-electron chi connectivity index (χ3n) is 3.43. The minimum absolute atomic E-state index is 0.165. The van der Waals surface area contributed by atoms with Crippen molar-refractivity contribution >= 4 is 35.5 Å². The number of esters is 2. The van der Waals surface area contributed by atoms with E-state index in [2.05, 4.69) is 4.99 Å². The van der Waals surface area contributed by atoms with Gasteiger partial charge in [0.25, 0.3) is 0 Å². The van der Waals surface area contributed by atoms with Crippen LogP contribution in [0.3, 0.4) is 0 Å². The molecular formula is C20H14ClNO4. The van der Waals surface area contributed by atoms with Crippen LogP contribution in [0.4, 0.5) is 0 Å². The Morgan fingerprint density at radius 1 is 1.15 bits per heavy atom. The van der Waals surface area contributed by atoms with Gasteiger partial charge in [-0.2, -0.15) is 0 Å². The molecule has 0 radical (unpaired) electrons. The molecule has 0 unspecified atom stereocenters. The van der Waals surface area contributed by atoms with Crippen LogP contribution in [0.2, 0.25) is 5.02 Å². The zero-order valence-electron chi connectivity index (χ0n) is 13.8. The van der Waals surface area contributed by atoms with Crippen LogP contribution < -0.4 is 4.74 Å². The van der Waals surface area contributed by atoms with Crippen molar-refractivity contribution < 1.29 is 19.1 Å². The number of carbonyl (C=O) groups is 2. The maximum Gasteiger partial charge on any atom is 0.363 e. The maximum atomic E-state index is 12.0. The van der Waals surface area contributed by atoms with Crippen molar-refractivity contribution in [3.8, 4) is 5.75 Å². The van der Waals surface area contributed by atoms with Crippen LogP contribution >= 0.6 is 11.6 Å². The van der Waals surface area contributed by atoms with E-state index in [1.54, 1.807) is 67.6 Å². The highest BCUT2D eigenvalue weighted by Crippen LogP contribution is 2.24. The van der Waals surface area contributed by atoms with Gasteiger partial charge in [0.15, 0.2) is 5.70 Å². The number of hydrogen-bond acceptors (Lipinski definition) is 5. The summed E-state index contributed by atoms with van der Waals surface area (Å²) in [6.07, 6.45) is 4.51. The largest absolute Gasteiger partial charge is 0.423 e. The molecule has 2 aromatic carbocycles. The van der Waals surface area contributed by atoms with Gasteiger partial charge in [-0.25, -0.2) is 14.6 Å². The summed E-state index contributed by atoms with van der Waals surface area (Å²) in [7, 11) is 0. The first-order valence-corrected chi connectivity index (χ1v) is 8.16. The summed E-state index contributed by atoms with van der Waals surface area (Å²) in [6.45, 7) is 1.73. The fourth-order valence-electron chi connectivity index (χ4n) is 2.24. The van der Waals surface area contributed by atoms with E-state index < -0.39 is 11.9 Å². The van der Waals surface area contributed by atoms with E-state index in [0.29, 0.717) is 21.9 Å². The Labute approximate surface area is 155 Å². The summed E-state index contributed by atoms with van der Waals surface area (Å²) in [5.74, 6) is -0.427. The maximum absolute atomic E-state index is 12.0. The highest BCUT2D eigenvalue weighted by Gasteiger charge is 2.25. The fraction of sp³-hybridized carbons (Fsp3) is 0.0500. The van der Waals surface area contributed by atoms with Crippen molar-refractivity contribution in [3.63, 3.8) is 0 Å². The lowest BCUT2D eigenvalue weighted by atomic mass is 10.2. The molecule has 1 heterocycles. The lowest BCUT2D eigenvalue weighted by molar-refractivity contribution is -0.130. The number of benzene rings is 2. The Bertz CT molecular complexity index is 943. The van der Waals surface area contributed by atoms with Crippen LogP contribution in [0.25, 0.3) is 6.08 Å². The van der Waals surface area contributed by atoms with Gasteiger partial charge in [-0.15, -0.1) is 0 Å². The Morgan fingerprint density at radius 3 is 2.58 bits per heavy atom. The Kier molecular flexibility index (Phi) is 5.29. The van der Waals surface area contributed by atoms with Gasteiger partial charge < -0.3 is 9.47 Å². The van der Waals surface area contributed by atoms with Crippen molar-refractivity contribution in [1.82, 2.24) is 0 Å². The zero-order valence-corrected chi connectivity index (χ0v) is 14.6. The molecule has 3 rings (SSSR count). The van der Waals surface area contributed by atoms with Gasteiger partial charge in [0.1, 0.15) is 5.75 Å². The monoisotopic (exact) mass is 367 g/mol. The van der Waals surface area contributed by atoms with E-state index in [9.17, 15) is 9.59 Å². The van der Waals surface area contributed by atoms with E-state index >= 15 is 0 Å². The Hall–Kier alpha value is -3.18. The molecular weight excluding hydrogens is 354 g/mol. The standard InChI is InChI=1S/C20H14ClNO4/c1-2-5-18(23)25-14-10-8-13(9-11-14)12-17-20(24)26-19(22-17)15-6-3-4-7-16(15)21/h2-12H,1H3/b5-2+,17-12+. The van der Waals surface area contributed by atoms with Crippen LogP contribution in [-0.2, 0) is 14.3 Å². The minimum atomic E-state index is -0.552. The predicted molar refractivity (Wildman–Crippen MR) is 98.9 cm³/mol. The number of rotatable bonds is 4. The molecule has 5 nitrogen and oxygen atoms in total. The Morgan fingerprint density at radius 2 is 1.88 bits per heavy atom. The number of cyclic esters (lactones) is 1. The van der Waals surface area contributed by atoms with Crippen LogP contribution in [0.5, 0.6) is 5.75 Å². The third-order valence-corrected chi connectivity index (χ3v) is 3.76. The van der Waals surface area contributed by atoms with E-state index in [-0.39, 0.29) is 11.6 Å². The molecule has 0 spiro atoms. The summed E-state index contributed by atoms with van der Waals surface area (Å²) in [4.78, 5) is 27.7. The minimum Gasteiger partial charge on any atom is -0.423 e. The molecule has 0 saturated heterocycles. The first kappa shape index (κ1) is 17.6. The summed E-state index contributed by atoms with van der Waals surface area (Å²) >= 11 is 6.10. The second-order valence-electron chi connectivity index (χ2n) is 5.31. The number of aliphatic imine (C=N–C) groups is 1. The first-order valence-electron chi connectivity index (χ1n) is 7.79. The van der Waals surface area contributed by atoms with Crippen molar-refractivity contribution in [2.75, 3.05) is 0 Å². The topological polar surface area (TPSA) is 65.0 Å². The molecule has 26 heavy (non-hydrogen) atoms. The van der Waals surface area contributed by atoms with Crippen molar-refractivity contribution in [3.05, 3.63) is 82.5 Å². The molecule has 1 aliphatic heterocycles. The summed E-state index contributed by atoms with van der Waals surface area (Å²) in [5, 5.41) is 0.451. The van der Waals surface area contributed by atoms with E-state index in [1.807, 2.05) is 0 Å². The molecule has 0 aliphatic carbocycles. The predicted octanol–water partition coefficient (Wildman–Crippen LogP) is 4.17. The zero-order chi connectivity index (χ0) is 18.5. The molecule has 2 aromatic rings. The van der Waals surface area contributed by atoms with Gasteiger partial charge in [0, 0.05) is 6.08 Å². The van der Waals surface area contributed by atoms with Gasteiger partial charge in [-0.1, -0.05) is 41.9 Å². The van der Waals surface area contributed by atoms with Gasteiger partial charge >= 0.3 is 11.9 Å². The molecule has 130 valence electrons. The highest BCUT2D eigenvalue weighted by atomic mass is 35.5. The van der Waals surface area contributed by atoms with Crippen LogP contribution in [-0.4, -0.2) is 17.8 Å². The molecule has 0 saturated carbocycles. The second kappa shape index (κ2) is 7.80. The molecule has 0 bridgehead atoms. The lowest BCUT2D eigenvalue weighted by Crippen LogP contribution is -2.05. The normalized spacial score (nSPS) is 15.2. The molecule has 1 aliphatic rings. The van der Waals surface area contributed by atoms with Crippen molar-refractivity contribution in [2.24, 2.45) is 4.99 Å². The number of carbonyl (C=O) groups excluding carboxylic acids is 2. The van der Waals surface area contributed by atoms with E-state index in [0.717, 1.165) is 0 Å². The van der Waals surface area contributed by atoms with Gasteiger partial charge in [-0.05, 0) is 42.8 Å². The van der Waals surface area contributed by atoms with Crippen molar-refractivity contribution in [2.45, 2.75) is 6.92 Å². The summed E-state index contributed by atoms with van der Waals surface area (Å²) in [5.41, 5.74) is 1.43. The first-order chi connectivity index (χ1) is 12.6. The Balaban J connectivity index is 1.80. The van der Waals surface area contributed by atoms with Crippen LogP contribution in [0.15, 0.2) is 71.4 Å². The average molecular weight is 368 g/mol. The van der Waals surface area contributed by atoms with Crippen LogP contribution in [0, 0.1) is 0 Å². The highest BCUT2D eigenvalue weighted by molar-refractivity contribution is 6.34. The third kappa shape index (κ3) is 4.07. The number of halogens is 1. The number of allylic oxidation sites excluding steroid dienone is 1. The number of hydrogen-bond donors (Lipinski definition) is 0. The molecule has 0 amide bonds. The van der Waals surface area contributed by atoms with Gasteiger partial charge in [0.05, 0.1) is 10.6 Å². The molecule has 6 heteroatoms. The fourth-order valence-corrected chi connectivity index (χ4v) is 2.45. The smallest absolute Gasteiger partial charge is 0.363 e. The number of ether oxygens (including phenoxy) is 2. The van der Waals surface area contributed by atoms with Crippen molar-refractivity contribution in [1.29, 1.82) is 0 Å². The SMILES string of the molecule is C/C=C/C(=O)Oc1ccc(/C=C2/N=C(c3ccccc3Cl)OC2=O)cc1. The summed E-state index contributed by atoms with van der Waals surface area (Å²) in [6, 6.07) is 13.7. The quantitative estimate of drug-likeness (QED) is 0.462. The number of nitrogens with zero attached hydrogens (tertiary/aromatic N) is 1. The van der Waals surface area contributed by atoms with Gasteiger partial charge in [0.2, 0.25) is 5.90 Å². The molecule has 0 aromatic heterocycles. The van der Waals surface area contributed by atoms with Crippen LogP contribution in [0.1, 0.15) is 18.1 Å². The van der Waals surface area contributed by atoms with Gasteiger partial charge in [-0.3, -0.25) is 0 Å². The summed E-state index contributed by atoms with van der Waals surface area (Å²) < 4.78 is 10.3. The lowest BCUT2D eigenvalue weighted by Gasteiger charge is -2.01. The van der Waals surface area contributed by atoms with E-state index in [1.165, 1.54) is 6.08 Å². The molecule has 0 atom stereocenters. The average Bonchev–Trinajstić information content (AvgIpc) is 2.98. The molecule has 0 fully saturated rings.